The molecule has 0 aromatic rings. The predicted molar refractivity (Wildman–Crippen MR) is 344 cm³/mol. The van der Waals surface area contributed by atoms with Gasteiger partial charge in [-0.25, -0.2) is 0 Å². The van der Waals surface area contributed by atoms with Crippen LogP contribution in [-0.2, 0) is 28.6 Å². The Hall–Kier alpha value is -2.89. The fourth-order valence-corrected chi connectivity index (χ4v) is 10.3. The standard InChI is InChI=1S/C73H132O6/c1-4-7-10-13-16-19-22-24-26-28-30-32-34-36-38-40-42-44-46-48-51-54-57-60-63-66-72(75)78-69-70(68-77-71(74)65-62-59-56-53-50-21-18-15-12-9-6-3)79-73(76)67-64-61-58-55-52-49-47-45-43-41-39-37-35-33-31-29-27-25-23-20-17-14-11-8-5-2/h7,10,15-16,18-19,24,26,30,32,70H,4-6,8-9,11-14,17,20-23,25,27-29,31,33-69H2,1-3H3/b10-7-,18-15-,19-16-,26-24-,32-30-. The van der Waals surface area contributed by atoms with Gasteiger partial charge in [-0.2, -0.15) is 0 Å². The summed E-state index contributed by atoms with van der Waals surface area (Å²) in [4.78, 5) is 38.3. The number of unbranched alkanes of at least 4 members (excludes halogenated alkanes) is 43. The molecule has 0 aromatic heterocycles. The molecule has 0 aromatic carbocycles. The van der Waals surface area contributed by atoms with Crippen LogP contribution >= 0.6 is 0 Å². The summed E-state index contributed by atoms with van der Waals surface area (Å²) < 4.78 is 17.0. The van der Waals surface area contributed by atoms with Crippen LogP contribution in [0.4, 0.5) is 0 Å². The van der Waals surface area contributed by atoms with Crippen molar-refractivity contribution < 1.29 is 28.6 Å². The number of carbonyl (C=O) groups excluding carboxylic acids is 3. The van der Waals surface area contributed by atoms with Gasteiger partial charge in [-0.15, -0.1) is 0 Å². The molecule has 6 nitrogen and oxygen atoms in total. The van der Waals surface area contributed by atoms with Gasteiger partial charge in [0.05, 0.1) is 0 Å². The van der Waals surface area contributed by atoms with Crippen molar-refractivity contribution in [3.63, 3.8) is 0 Å². The minimum absolute atomic E-state index is 0.0739. The van der Waals surface area contributed by atoms with E-state index in [4.69, 9.17) is 14.2 Å². The van der Waals surface area contributed by atoms with Crippen molar-refractivity contribution in [3.8, 4) is 0 Å². The Labute approximate surface area is 491 Å². The van der Waals surface area contributed by atoms with Crippen LogP contribution in [0.15, 0.2) is 60.8 Å². The average molecular weight is 1110 g/mol. The fourth-order valence-electron chi connectivity index (χ4n) is 10.3. The normalized spacial score (nSPS) is 12.4. The van der Waals surface area contributed by atoms with Crippen molar-refractivity contribution in [3.05, 3.63) is 60.8 Å². The molecule has 1 unspecified atom stereocenters. The van der Waals surface area contributed by atoms with Gasteiger partial charge in [-0.3, -0.25) is 14.4 Å². The topological polar surface area (TPSA) is 78.9 Å². The molecule has 1 atom stereocenters. The first kappa shape index (κ1) is 76.1. The molecule has 0 aliphatic rings. The molecule has 460 valence electrons. The highest BCUT2D eigenvalue weighted by Gasteiger charge is 2.19. The lowest BCUT2D eigenvalue weighted by molar-refractivity contribution is -0.167. The molecule has 0 N–H and O–H groups in total. The molecule has 6 heteroatoms. The van der Waals surface area contributed by atoms with Gasteiger partial charge in [-0.05, 0) is 77.0 Å². The Morgan fingerprint density at radius 3 is 0.823 bits per heavy atom. The second-order valence-electron chi connectivity index (χ2n) is 23.4. The Balaban J connectivity index is 4.19. The first-order valence-electron chi connectivity index (χ1n) is 34.8. The number of hydrogen-bond donors (Lipinski definition) is 0. The van der Waals surface area contributed by atoms with Gasteiger partial charge >= 0.3 is 17.9 Å². The smallest absolute Gasteiger partial charge is 0.306 e. The van der Waals surface area contributed by atoms with Gasteiger partial charge < -0.3 is 14.2 Å². The number of ether oxygens (including phenoxy) is 3. The van der Waals surface area contributed by atoms with Gasteiger partial charge in [0.2, 0.25) is 0 Å². The molecule has 79 heavy (non-hydrogen) atoms. The van der Waals surface area contributed by atoms with Crippen molar-refractivity contribution in [2.45, 2.75) is 374 Å². The Morgan fingerprint density at radius 1 is 0.266 bits per heavy atom. The van der Waals surface area contributed by atoms with Crippen LogP contribution in [0.3, 0.4) is 0 Å². The van der Waals surface area contributed by atoms with E-state index in [0.29, 0.717) is 19.3 Å². The maximum Gasteiger partial charge on any atom is 0.306 e. The second kappa shape index (κ2) is 67.6. The van der Waals surface area contributed by atoms with E-state index in [1.165, 1.54) is 238 Å². The van der Waals surface area contributed by atoms with Crippen LogP contribution < -0.4 is 0 Å². The largest absolute Gasteiger partial charge is 0.462 e. The van der Waals surface area contributed by atoms with Gasteiger partial charge in [0, 0.05) is 19.3 Å². The molecule has 0 rings (SSSR count). The predicted octanol–water partition coefficient (Wildman–Crippen LogP) is 23.9. The third-order valence-electron chi connectivity index (χ3n) is 15.5. The Morgan fingerprint density at radius 2 is 0.506 bits per heavy atom. The number of esters is 3. The van der Waals surface area contributed by atoms with E-state index >= 15 is 0 Å². The average Bonchev–Trinajstić information content (AvgIpc) is 3.45. The molecule has 0 fully saturated rings. The molecule has 0 aliphatic heterocycles. The summed E-state index contributed by atoms with van der Waals surface area (Å²) in [5, 5.41) is 0. The Bertz CT molecular complexity index is 1410. The number of allylic oxidation sites excluding steroid dienone is 10. The zero-order valence-electron chi connectivity index (χ0n) is 52.9. The SMILES string of the molecule is CC/C=C\C/C=C\C/C=C\C/C=C\CCCCCCCCCCCCCCC(=O)OCC(COC(=O)CCCCCCC/C=C\CCCC)OC(=O)CCCCCCCCCCCCCCCCCCCCCCCCCCC. The van der Waals surface area contributed by atoms with Gasteiger partial charge in [-0.1, -0.05) is 332 Å². The maximum absolute atomic E-state index is 12.9. The summed E-state index contributed by atoms with van der Waals surface area (Å²) in [5.41, 5.74) is 0. The quantitative estimate of drug-likeness (QED) is 0.0261. The second-order valence-corrected chi connectivity index (χ2v) is 23.4. The van der Waals surface area contributed by atoms with E-state index < -0.39 is 6.10 Å². The first-order chi connectivity index (χ1) is 39.0. The molecule has 0 radical (unpaired) electrons. The highest BCUT2D eigenvalue weighted by molar-refractivity contribution is 5.71. The lowest BCUT2D eigenvalue weighted by Gasteiger charge is -2.18. The van der Waals surface area contributed by atoms with Crippen molar-refractivity contribution in [1.29, 1.82) is 0 Å². The monoisotopic (exact) mass is 1110 g/mol. The van der Waals surface area contributed by atoms with Crippen molar-refractivity contribution in [2.75, 3.05) is 13.2 Å². The maximum atomic E-state index is 12.9. The minimum atomic E-state index is -0.777. The van der Waals surface area contributed by atoms with Crippen molar-refractivity contribution in [1.82, 2.24) is 0 Å². The highest BCUT2D eigenvalue weighted by atomic mass is 16.6. The molecule has 0 aliphatic carbocycles. The van der Waals surface area contributed by atoms with E-state index in [-0.39, 0.29) is 31.1 Å². The van der Waals surface area contributed by atoms with Gasteiger partial charge in [0.25, 0.3) is 0 Å². The molecular weight excluding hydrogens is 973 g/mol. The molecule has 0 amide bonds. The van der Waals surface area contributed by atoms with Crippen LogP contribution in [0.1, 0.15) is 367 Å². The van der Waals surface area contributed by atoms with Crippen LogP contribution in [0.5, 0.6) is 0 Å². The molecule has 0 saturated carbocycles. The summed E-state index contributed by atoms with van der Waals surface area (Å²) in [7, 11) is 0. The minimum Gasteiger partial charge on any atom is -0.462 e. The Kier molecular flexibility index (Phi) is 65.1. The summed E-state index contributed by atoms with van der Waals surface area (Å²) in [5.74, 6) is -0.863. The summed E-state index contributed by atoms with van der Waals surface area (Å²) in [6.45, 7) is 6.54. The summed E-state index contributed by atoms with van der Waals surface area (Å²) >= 11 is 0. The third kappa shape index (κ3) is 65.8. The molecular formula is C73H132O6. The molecule has 0 bridgehead atoms. The van der Waals surface area contributed by atoms with Crippen LogP contribution in [0.2, 0.25) is 0 Å². The van der Waals surface area contributed by atoms with E-state index in [0.717, 1.165) is 89.9 Å². The van der Waals surface area contributed by atoms with Crippen molar-refractivity contribution in [2.24, 2.45) is 0 Å². The van der Waals surface area contributed by atoms with E-state index in [2.05, 4.69) is 81.5 Å². The molecule has 0 heterocycles. The lowest BCUT2D eigenvalue weighted by Crippen LogP contribution is -2.30. The number of carbonyl (C=O) groups is 3. The molecule has 0 spiro atoms. The van der Waals surface area contributed by atoms with Crippen LogP contribution in [0.25, 0.3) is 0 Å². The van der Waals surface area contributed by atoms with E-state index in [1.54, 1.807) is 0 Å². The van der Waals surface area contributed by atoms with Crippen molar-refractivity contribution >= 4 is 17.9 Å². The highest BCUT2D eigenvalue weighted by Crippen LogP contribution is 2.18. The summed E-state index contributed by atoms with van der Waals surface area (Å²) in [6.07, 6.45) is 86.9. The van der Waals surface area contributed by atoms with E-state index in [1.807, 2.05) is 0 Å². The number of rotatable bonds is 64. The summed E-state index contributed by atoms with van der Waals surface area (Å²) in [6, 6.07) is 0. The van der Waals surface area contributed by atoms with Crippen LogP contribution in [-0.4, -0.2) is 37.2 Å². The van der Waals surface area contributed by atoms with Gasteiger partial charge in [0.15, 0.2) is 6.10 Å². The van der Waals surface area contributed by atoms with Gasteiger partial charge in [0.1, 0.15) is 13.2 Å². The third-order valence-corrected chi connectivity index (χ3v) is 15.5. The zero-order chi connectivity index (χ0) is 57.1. The van der Waals surface area contributed by atoms with Crippen LogP contribution in [0, 0.1) is 0 Å². The molecule has 0 saturated heterocycles. The van der Waals surface area contributed by atoms with E-state index in [9.17, 15) is 14.4 Å². The number of hydrogen-bond acceptors (Lipinski definition) is 6. The lowest BCUT2D eigenvalue weighted by atomic mass is 10.0. The zero-order valence-corrected chi connectivity index (χ0v) is 52.9. The first-order valence-corrected chi connectivity index (χ1v) is 34.8. The fraction of sp³-hybridized carbons (Fsp3) is 0.822.